The van der Waals surface area contributed by atoms with Gasteiger partial charge in [-0.3, -0.25) is 4.79 Å². The fourth-order valence-electron chi connectivity index (χ4n) is 1.89. The maximum atomic E-state index is 11.5. The highest BCUT2D eigenvalue weighted by Gasteiger charge is 2.27. The van der Waals surface area contributed by atoms with Crippen LogP contribution in [-0.2, 0) is 0 Å². The molecule has 1 aliphatic rings. The highest BCUT2D eigenvalue weighted by atomic mass is 16.3. The van der Waals surface area contributed by atoms with Crippen LogP contribution >= 0.6 is 0 Å². The second-order valence-corrected chi connectivity index (χ2v) is 4.35. The molecule has 17 heavy (non-hydrogen) atoms. The van der Waals surface area contributed by atoms with E-state index in [0.29, 0.717) is 11.3 Å². The van der Waals surface area contributed by atoms with Crippen molar-refractivity contribution in [1.29, 1.82) is 0 Å². The minimum Gasteiger partial charge on any atom is -0.397 e. The quantitative estimate of drug-likeness (QED) is 0.577. The van der Waals surface area contributed by atoms with E-state index in [1.165, 1.54) is 0 Å². The van der Waals surface area contributed by atoms with Gasteiger partial charge in [0.2, 0.25) is 0 Å². The lowest BCUT2D eigenvalue weighted by Gasteiger charge is -2.33. The molecule has 2 rings (SSSR count). The van der Waals surface area contributed by atoms with Crippen molar-refractivity contribution in [1.82, 2.24) is 5.32 Å². The summed E-state index contributed by atoms with van der Waals surface area (Å²) in [5, 5.41) is 15.0. The van der Waals surface area contributed by atoms with E-state index >= 15 is 0 Å². The zero-order valence-electron chi connectivity index (χ0n) is 9.73. The van der Waals surface area contributed by atoms with Gasteiger partial charge in [-0.15, -0.1) is 0 Å². The molecule has 0 radical (unpaired) electrons. The molecule has 0 saturated heterocycles. The number of carbonyl (C=O) groups is 1. The highest BCUT2D eigenvalue weighted by molar-refractivity contribution is 5.96. The smallest absolute Gasteiger partial charge is 0.251 e. The van der Waals surface area contributed by atoms with Crippen LogP contribution in [0.1, 0.15) is 23.2 Å². The molecule has 1 saturated carbocycles. The molecule has 1 amide bonds. The number of nitrogens with one attached hydrogen (secondary N) is 2. The van der Waals surface area contributed by atoms with E-state index in [1.807, 2.05) is 0 Å². The Hall–Kier alpha value is -1.75. The van der Waals surface area contributed by atoms with E-state index < -0.39 is 0 Å². The number of hydrogen-bond donors (Lipinski definition) is 4. The third kappa shape index (κ3) is 2.50. The zero-order valence-corrected chi connectivity index (χ0v) is 9.73. The first kappa shape index (κ1) is 11.7. The third-order valence-corrected chi connectivity index (χ3v) is 3.02. The first-order valence-corrected chi connectivity index (χ1v) is 5.66. The van der Waals surface area contributed by atoms with E-state index in [0.717, 1.165) is 18.5 Å². The van der Waals surface area contributed by atoms with Crippen molar-refractivity contribution in [2.45, 2.75) is 25.0 Å². The monoisotopic (exact) mass is 235 g/mol. The van der Waals surface area contributed by atoms with Gasteiger partial charge in [-0.05, 0) is 31.0 Å². The zero-order chi connectivity index (χ0) is 12.4. The molecule has 0 spiro atoms. The summed E-state index contributed by atoms with van der Waals surface area (Å²) in [4.78, 5) is 11.5. The van der Waals surface area contributed by atoms with Crippen LogP contribution in [0.25, 0.3) is 0 Å². The van der Waals surface area contributed by atoms with Crippen molar-refractivity contribution in [2.75, 3.05) is 18.1 Å². The summed E-state index contributed by atoms with van der Waals surface area (Å²) in [5.74, 6) is -0.137. The van der Waals surface area contributed by atoms with Crippen molar-refractivity contribution in [2.24, 2.45) is 0 Å². The van der Waals surface area contributed by atoms with E-state index in [1.54, 1.807) is 25.2 Å². The van der Waals surface area contributed by atoms with Crippen LogP contribution in [0, 0.1) is 0 Å². The van der Waals surface area contributed by atoms with Crippen LogP contribution in [0.5, 0.6) is 0 Å². The number of benzene rings is 1. The molecule has 1 fully saturated rings. The molecular weight excluding hydrogens is 218 g/mol. The lowest BCUT2D eigenvalue weighted by Crippen LogP contribution is -2.39. The first-order valence-electron chi connectivity index (χ1n) is 5.66. The van der Waals surface area contributed by atoms with Crippen molar-refractivity contribution < 1.29 is 9.90 Å². The molecule has 1 aliphatic carbocycles. The highest BCUT2D eigenvalue weighted by Crippen LogP contribution is 2.27. The molecule has 92 valence electrons. The molecule has 5 nitrogen and oxygen atoms in total. The van der Waals surface area contributed by atoms with Crippen LogP contribution in [0.15, 0.2) is 18.2 Å². The number of hydrogen-bond acceptors (Lipinski definition) is 4. The van der Waals surface area contributed by atoms with Crippen LogP contribution < -0.4 is 16.4 Å². The average molecular weight is 235 g/mol. The summed E-state index contributed by atoms with van der Waals surface area (Å²) in [6, 6.07) is 5.38. The van der Waals surface area contributed by atoms with Crippen molar-refractivity contribution in [3.8, 4) is 0 Å². The fourth-order valence-corrected chi connectivity index (χ4v) is 1.89. The van der Waals surface area contributed by atoms with Gasteiger partial charge in [-0.25, -0.2) is 0 Å². The maximum absolute atomic E-state index is 11.5. The van der Waals surface area contributed by atoms with Gasteiger partial charge >= 0.3 is 0 Å². The average Bonchev–Trinajstić information content (AvgIpc) is 2.28. The molecule has 5 heteroatoms. The molecule has 0 unspecified atom stereocenters. The normalized spacial score (nSPS) is 22.7. The lowest BCUT2D eigenvalue weighted by molar-refractivity contribution is 0.0836. The molecule has 0 heterocycles. The molecule has 1 aromatic rings. The minimum atomic E-state index is -0.212. The number of aliphatic hydroxyl groups excluding tert-OH is 1. The van der Waals surface area contributed by atoms with Gasteiger partial charge in [0, 0.05) is 18.7 Å². The fraction of sp³-hybridized carbons (Fsp3) is 0.417. The van der Waals surface area contributed by atoms with Gasteiger partial charge in [0.05, 0.1) is 17.5 Å². The minimum absolute atomic E-state index is 0.137. The molecule has 0 aromatic heterocycles. The Morgan fingerprint density at radius 2 is 2.18 bits per heavy atom. The summed E-state index contributed by atoms with van der Waals surface area (Å²) < 4.78 is 0. The second-order valence-electron chi connectivity index (χ2n) is 4.35. The van der Waals surface area contributed by atoms with Gasteiger partial charge in [-0.2, -0.15) is 0 Å². The number of amides is 1. The number of nitrogens with two attached hydrogens (primary N) is 1. The topological polar surface area (TPSA) is 87.4 Å². The largest absolute Gasteiger partial charge is 0.397 e. The first-order chi connectivity index (χ1) is 8.10. The van der Waals surface area contributed by atoms with E-state index in [2.05, 4.69) is 10.6 Å². The van der Waals surface area contributed by atoms with Gasteiger partial charge in [0.1, 0.15) is 0 Å². The van der Waals surface area contributed by atoms with E-state index in [4.69, 9.17) is 5.73 Å². The van der Waals surface area contributed by atoms with Crippen molar-refractivity contribution in [3.63, 3.8) is 0 Å². The van der Waals surface area contributed by atoms with Crippen LogP contribution in [-0.4, -0.2) is 30.2 Å². The summed E-state index contributed by atoms with van der Waals surface area (Å²) in [6.45, 7) is 0. The van der Waals surface area contributed by atoms with Crippen LogP contribution in [0.3, 0.4) is 0 Å². The molecule has 0 atom stereocenters. The maximum Gasteiger partial charge on any atom is 0.251 e. The lowest BCUT2D eigenvalue weighted by atomic mass is 9.89. The Kier molecular flexibility index (Phi) is 3.19. The number of carbonyl (C=O) groups excluding carboxylic acids is 1. The number of rotatable bonds is 3. The molecule has 0 aliphatic heterocycles. The summed E-state index contributed by atoms with van der Waals surface area (Å²) in [5.41, 5.74) is 7.77. The van der Waals surface area contributed by atoms with Crippen LogP contribution in [0.2, 0.25) is 0 Å². The van der Waals surface area contributed by atoms with Gasteiger partial charge in [0.25, 0.3) is 5.91 Å². The Morgan fingerprint density at radius 3 is 2.76 bits per heavy atom. The SMILES string of the molecule is CNC(=O)c1ccc(N)c(NC2CC(O)C2)c1. The van der Waals surface area contributed by atoms with Gasteiger partial charge in [0.15, 0.2) is 0 Å². The standard InChI is InChI=1S/C12H17N3O2/c1-14-12(17)7-2-3-10(13)11(4-7)15-8-5-9(16)6-8/h2-4,8-9,15-16H,5-6,13H2,1H3,(H,14,17). The molecule has 1 aromatic carbocycles. The van der Waals surface area contributed by atoms with Crippen LogP contribution in [0.4, 0.5) is 11.4 Å². The second kappa shape index (κ2) is 4.63. The summed E-state index contributed by atoms with van der Waals surface area (Å²) in [7, 11) is 1.59. The van der Waals surface area contributed by atoms with Crippen molar-refractivity contribution >= 4 is 17.3 Å². The Balaban J connectivity index is 2.12. The predicted octanol–water partition coefficient (Wildman–Crippen LogP) is 0.564. The van der Waals surface area contributed by atoms with Gasteiger partial charge in [-0.1, -0.05) is 0 Å². The van der Waals surface area contributed by atoms with E-state index in [-0.39, 0.29) is 18.1 Å². The Bertz CT molecular complexity index is 428. The Morgan fingerprint density at radius 1 is 1.47 bits per heavy atom. The Labute approximate surface area is 100 Å². The number of anilines is 2. The molecule has 5 N–H and O–H groups in total. The number of nitrogen functional groups attached to an aromatic ring is 1. The summed E-state index contributed by atoms with van der Waals surface area (Å²) in [6.07, 6.45) is 1.24. The number of aliphatic hydroxyl groups is 1. The third-order valence-electron chi connectivity index (χ3n) is 3.02. The van der Waals surface area contributed by atoms with Gasteiger partial charge < -0.3 is 21.5 Å². The van der Waals surface area contributed by atoms with E-state index in [9.17, 15) is 9.90 Å². The molecule has 0 bridgehead atoms. The molecular formula is C12H17N3O2. The predicted molar refractivity (Wildman–Crippen MR) is 66.9 cm³/mol. The van der Waals surface area contributed by atoms with Crippen molar-refractivity contribution in [3.05, 3.63) is 23.8 Å². The summed E-state index contributed by atoms with van der Waals surface area (Å²) >= 11 is 0.